The van der Waals surface area contributed by atoms with Gasteiger partial charge >= 0.3 is 5.63 Å². The van der Waals surface area contributed by atoms with Gasteiger partial charge in [-0.2, -0.15) is 0 Å². The van der Waals surface area contributed by atoms with Crippen molar-refractivity contribution < 1.29 is 14.3 Å². The molecule has 1 aromatic heterocycles. The second-order valence-corrected chi connectivity index (χ2v) is 2.91. The summed E-state index contributed by atoms with van der Waals surface area (Å²) in [7, 11) is 0. The molecule has 0 aliphatic heterocycles. The number of phenolic OH excluding ortho intramolecular Hbond substituents is 1. The average Bonchev–Trinajstić information content (AvgIpc) is 2.21. The predicted molar refractivity (Wildman–Crippen MR) is 53.1 cm³/mol. The van der Waals surface area contributed by atoms with Crippen LogP contribution in [-0.2, 0) is 0 Å². The highest BCUT2D eigenvalue weighted by Gasteiger charge is 2.08. The summed E-state index contributed by atoms with van der Waals surface area (Å²) in [5, 5.41) is 9.77. The minimum absolute atomic E-state index is 0.0929. The van der Waals surface area contributed by atoms with Crippen LogP contribution in [0.15, 0.2) is 27.7 Å². The molecule has 0 fully saturated rings. The van der Waals surface area contributed by atoms with Gasteiger partial charge in [0.2, 0.25) is 0 Å². The summed E-state index contributed by atoms with van der Waals surface area (Å²) in [6.45, 7) is 2.23. The zero-order chi connectivity index (χ0) is 10.8. The first-order valence-electron chi connectivity index (χ1n) is 4.45. The average molecular weight is 207 g/mol. The first-order valence-corrected chi connectivity index (χ1v) is 4.45. The zero-order valence-corrected chi connectivity index (χ0v) is 8.06. The Balaban J connectivity index is 2.71. The van der Waals surface area contributed by atoms with Crippen LogP contribution < -0.4 is 10.4 Å². The van der Waals surface area contributed by atoms with E-state index in [1.165, 1.54) is 12.1 Å². The molecule has 1 aromatic carbocycles. The van der Waals surface area contributed by atoms with E-state index in [1.54, 1.807) is 6.92 Å². The van der Waals surface area contributed by atoms with Crippen molar-refractivity contribution in [3.05, 3.63) is 28.9 Å². The molecule has 0 saturated carbocycles. The van der Waals surface area contributed by atoms with Crippen LogP contribution in [0.4, 0.5) is 0 Å². The van der Waals surface area contributed by atoms with E-state index in [0.717, 1.165) is 6.39 Å². The number of hydrogen-bond acceptors (Lipinski definition) is 5. The van der Waals surface area contributed by atoms with Crippen LogP contribution in [0.25, 0.3) is 10.9 Å². The molecule has 0 atom stereocenters. The van der Waals surface area contributed by atoms with E-state index < -0.39 is 5.63 Å². The highest BCUT2D eigenvalue weighted by Crippen LogP contribution is 2.28. The third-order valence-electron chi connectivity index (χ3n) is 1.95. The summed E-state index contributed by atoms with van der Waals surface area (Å²) >= 11 is 0. The molecule has 5 nitrogen and oxygen atoms in total. The van der Waals surface area contributed by atoms with Gasteiger partial charge < -0.3 is 14.3 Å². The standard InChI is InChI=1S/C10H9NO4/c1-2-14-9-4-7-6(3-8(9)12)10(13)15-5-11-7/h3-5,12H,2H2,1H3. The lowest BCUT2D eigenvalue weighted by atomic mass is 10.2. The van der Waals surface area contributed by atoms with Crippen LogP contribution in [0.5, 0.6) is 11.5 Å². The van der Waals surface area contributed by atoms with Crippen molar-refractivity contribution in [1.29, 1.82) is 0 Å². The topological polar surface area (TPSA) is 72.6 Å². The van der Waals surface area contributed by atoms with Crippen molar-refractivity contribution in [2.75, 3.05) is 6.61 Å². The van der Waals surface area contributed by atoms with E-state index >= 15 is 0 Å². The van der Waals surface area contributed by atoms with Crippen molar-refractivity contribution in [2.24, 2.45) is 0 Å². The maximum absolute atomic E-state index is 11.2. The number of ether oxygens (including phenoxy) is 1. The van der Waals surface area contributed by atoms with Crippen LogP contribution in [0.2, 0.25) is 0 Å². The predicted octanol–water partition coefficient (Wildman–Crippen LogP) is 1.29. The first kappa shape index (κ1) is 9.51. The molecule has 2 rings (SSSR count). The molecule has 0 aliphatic rings. The van der Waals surface area contributed by atoms with Gasteiger partial charge in [0.1, 0.15) is 0 Å². The number of fused-ring (bicyclic) bond motifs is 1. The summed E-state index contributed by atoms with van der Waals surface area (Å²) in [5.74, 6) is 0.216. The lowest BCUT2D eigenvalue weighted by molar-refractivity contribution is 0.318. The summed E-state index contributed by atoms with van der Waals surface area (Å²) in [4.78, 5) is 15.1. The minimum atomic E-state index is -0.529. The molecule has 0 radical (unpaired) electrons. The third kappa shape index (κ3) is 1.63. The van der Waals surface area contributed by atoms with Gasteiger partial charge in [0, 0.05) is 12.1 Å². The summed E-state index contributed by atoms with van der Waals surface area (Å²) in [6.07, 6.45) is 1.07. The molecule has 5 heteroatoms. The van der Waals surface area contributed by atoms with Crippen molar-refractivity contribution in [3.8, 4) is 11.5 Å². The van der Waals surface area contributed by atoms with Crippen LogP contribution in [0.3, 0.4) is 0 Å². The highest BCUT2D eigenvalue weighted by molar-refractivity contribution is 5.80. The van der Waals surface area contributed by atoms with Crippen LogP contribution in [-0.4, -0.2) is 16.7 Å². The summed E-state index contributed by atoms with van der Waals surface area (Å²) in [5.41, 5.74) is -0.0918. The Labute approximate surface area is 84.9 Å². The quantitative estimate of drug-likeness (QED) is 0.803. The number of phenols is 1. The van der Waals surface area contributed by atoms with E-state index in [2.05, 4.69) is 9.40 Å². The molecular weight excluding hydrogens is 198 g/mol. The van der Waals surface area contributed by atoms with Gasteiger partial charge in [0.15, 0.2) is 17.9 Å². The van der Waals surface area contributed by atoms with E-state index in [9.17, 15) is 9.90 Å². The van der Waals surface area contributed by atoms with Gasteiger partial charge in [0.05, 0.1) is 17.5 Å². The highest BCUT2D eigenvalue weighted by atomic mass is 16.5. The zero-order valence-electron chi connectivity index (χ0n) is 8.06. The lowest BCUT2D eigenvalue weighted by Gasteiger charge is -2.05. The SMILES string of the molecule is CCOc1cc2ncoc(=O)c2cc1O. The van der Waals surface area contributed by atoms with E-state index in [-0.39, 0.29) is 11.1 Å². The minimum Gasteiger partial charge on any atom is -0.504 e. The molecule has 0 saturated heterocycles. The van der Waals surface area contributed by atoms with E-state index in [4.69, 9.17) is 4.74 Å². The Hall–Kier alpha value is -2.04. The fourth-order valence-electron chi connectivity index (χ4n) is 1.29. The van der Waals surface area contributed by atoms with Gasteiger partial charge in [-0.05, 0) is 6.92 Å². The Bertz CT molecular complexity index is 547. The first-order chi connectivity index (χ1) is 7.22. The number of aromatic hydroxyl groups is 1. The maximum atomic E-state index is 11.2. The van der Waals surface area contributed by atoms with Crippen molar-refractivity contribution in [3.63, 3.8) is 0 Å². The Morgan fingerprint density at radius 3 is 3.07 bits per heavy atom. The second-order valence-electron chi connectivity index (χ2n) is 2.91. The molecule has 15 heavy (non-hydrogen) atoms. The van der Waals surface area contributed by atoms with Crippen molar-refractivity contribution >= 4 is 10.9 Å². The fraction of sp³-hybridized carbons (Fsp3) is 0.200. The Kier molecular flexibility index (Phi) is 2.29. The van der Waals surface area contributed by atoms with Crippen molar-refractivity contribution in [2.45, 2.75) is 6.92 Å². The maximum Gasteiger partial charge on any atom is 0.346 e. The van der Waals surface area contributed by atoms with Crippen LogP contribution >= 0.6 is 0 Å². The van der Waals surface area contributed by atoms with Gasteiger partial charge in [-0.15, -0.1) is 0 Å². The number of nitrogens with zero attached hydrogens (tertiary/aromatic N) is 1. The third-order valence-corrected chi connectivity index (χ3v) is 1.95. The number of rotatable bonds is 2. The fourth-order valence-corrected chi connectivity index (χ4v) is 1.29. The molecule has 1 N–H and O–H groups in total. The van der Waals surface area contributed by atoms with Gasteiger partial charge in [0.25, 0.3) is 0 Å². The summed E-state index contributed by atoms with van der Waals surface area (Å²) < 4.78 is 9.74. The molecule has 78 valence electrons. The smallest absolute Gasteiger partial charge is 0.346 e. The molecule has 2 aromatic rings. The Morgan fingerprint density at radius 2 is 2.33 bits per heavy atom. The lowest BCUT2D eigenvalue weighted by Crippen LogP contribution is -2.00. The van der Waals surface area contributed by atoms with Gasteiger partial charge in [-0.25, -0.2) is 9.78 Å². The second kappa shape index (κ2) is 3.61. The Morgan fingerprint density at radius 1 is 1.53 bits per heavy atom. The summed E-state index contributed by atoms with van der Waals surface area (Å²) in [6, 6.07) is 2.80. The van der Waals surface area contributed by atoms with Gasteiger partial charge in [-0.1, -0.05) is 0 Å². The van der Waals surface area contributed by atoms with Crippen LogP contribution in [0, 0.1) is 0 Å². The van der Waals surface area contributed by atoms with Crippen molar-refractivity contribution in [1.82, 2.24) is 4.98 Å². The molecule has 0 spiro atoms. The number of benzene rings is 1. The molecule has 0 aliphatic carbocycles. The molecule has 0 unspecified atom stereocenters. The number of hydrogen-bond donors (Lipinski definition) is 1. The normalized spacial score (nSPS) is 10.5. The molecular formula is C10H9NO4. The van der Waals surface area contributed by atoms with Gasteiger partial charge in [-0.3, -0.25) is 0 Å². The largest absolute Gasteiger partial charge is 0.504 e. The van der Waals surface area contributed by atoms with E-state index in [0.29, 0.717) is 17.9 Å². The molecule has 1 heterocycles. The van der Waals surface area contributed by atoms with E-state index in [1.807, 2.05) is 0 Å². The molecule has 0 bridgehead atoms. The monoisotopic (exact) mass is 207 g/mol. The van der Waals surface area contributed by atoms with Crippen LogP contribution in [0.1, 0.15) is 6.92 Å². The number of aromatic nitrogens is 1. The molecule has 0 amide bonds.